The number of phosphoric acid groups is 2. The number of ether oxygens (including phenoxy) is 4. The summed E-state index contributed by atoms with van der Waals surface area (Å²) in [5, 5.41) is 10.6. The van der Waals surface area contributed by atoms with Gasteiger partial charge in [0.1, 0.15) is 19.3 Å². The van der Waals surface area contributed by atoms with Crippen molar-refractivity contribution < 1.29 is 80.2 Å². The summed E-state index contributed by atoms with van der Waals surface area (Å²) in [5.41, 5.74) is 0. The maximum absolute atomic E-state index is 13.1. The highest BCUT2D eigenvalue weighted by Gasteiger charge is 2.30. The van der Waals surface area contributed by atoms with Crippen LogP contribution in [0.4, 0.5) is 0 Å². The van der Waals surface area contributed by atoms with E-state index in [1.54, 1.807) is 6.08 Å². The first-order valence-electron chi connectivity index (χ1n) is 40.4. The van der Waals surface area contributed by atoms with Gasteiger partial charge >= 0.3 is 39.5 Å². The number of carbonyl (C=O) groups excluding carboxylic acids is 4. The number of hydrogen-bond donors (Lipinski definition) is 3. The van der Waals surface area contributed by atoms with E-state index in [4.69, 9.17) is 37.0 Å². The number of allylic oxidation sites excluding steroid dienone is 21. The molecule has 104 heavy (non-hydrogen) atoms. The number of rotatable bonds is 75. The van der Waals surface area contributed by atoms with Gasteiger partial charge in [0.25, 0.3) is 0 Å². The summed E-state index contributed by atoms with van der Waals surface area (Å²) in [6, 6.07) is 0. The highest BCUT2D eigenvalue weighted by Crippen LogP contribution is 2.45. The molecule has 0 aliphatic rings. The lowest BCUT2D eigenvalue weighted by Gasteiger charge is -2.21. The lowest BCUT2D eigenvalue weighted by Crippen LogP contribution is -2.30. The van der Waals surface area contributed by atoms with Crippen LogP contribution in [0.5, 0.6) is 0 Å². The van der Waals surface area contributed by atoms with Crippen LogP contribution < -0.4 is 0 Å². The number of phosphoric ester groups is 2. The third-order valence-corrected chi connectivity index (χ3v) is 18.5. The Balaban J connectivity index is 5.43. The highest BCUT2D eigenvalue weighted by atomic mass is 31.2. The fraction of sp³-hybridized carbons (Fsp3) is 0.694. The van der Waals surface area contributed by atoms with Gasteiger partial charge < -0.3 is 33.8 Å². The predicted octanol–water partition coefficient (Wildman–Crippen LogP) is 23.7. The van der Waals surface area contributed by atoms with Gasteiger partial charge in [0.2, 0.25) is 0 Å². The van der Waals surface area contributed by atoms with Crippen molar-refractivity contribution in [3.63, 3.8) is 0 Å². The average molecular weight is 1500 g/mol. The molecule has 0 aliphatic heterocycles. The lowest BCUT2D eigenvalue weighted by molar-refractivity contribution is -0.161. The SMILES string of the molecule is CC/C=C\C/C=C\C/C=C\C/C=C\C/C=C\CC(=O)OCC(COP(=O)(O)OCC(O)COP(=O)(O)OCC(COC(=O)CCCCCCCC/C=C\C/C=C\C/C=C\C/C=C\CC)OC(=O)CCCCCCC/C=C\C/C=C\CCCCC)OC(=O)CCCCCCCCCCCCCCCCC. The maximum atomic E-state index is 13.1. The Labute approximate surface area is 631 Å². The summed E-state index contributed by atoms with van der Waals surface area (Å²) in [6.07, 6.45) is 86.0. The fourth-order valence-electron chi connectivity index (χ4n) is 10.6. The first-order chi connectivity index (χ1) is 50.7. The molecule has 5 atom stereocenters. The van der Waals surface area contributed by atoms with E-state index < -0.39 is 97.5 Å². The molecule has 0 spiro atoms. The van der Waals surface area contributed by atoms with Crippen LogP contribution in [0.2, 0.25) is 0 Å². The van der Waals surface area contributed by atoms with Gasteiger partial charge in [-0.05, 0) is 122 Å². The summed E-state index contributed by atoms with van der Waals surface area (Å²) in [7, 11) is -9.99. The zero-order valence-corrected chi connectivity index (χ0v) is 66.9. The maximum Gasteiger partial charge on any atom is 0.472 e. The molecular weight excluding hydrogens is 1350 g/mol. The molecule has 0 radical (unpaired) electrons. The van der Waals surface area contributed by atoms with Crippen LogP contribution in [0.25, 0.3) is 0 Å². The minimum absolute atomic E-state index is 0.0710. The second kappa shape index (κ2) is 76.4. The van der Waals surface area contributed by atoms with Crippen molar-refractivity contribution in [1.82, 2.24) is 0 Å². The van der Waals surface area contributed by atoms with Crippen molar-refractivity contribution in [2.24, 2.45) is 0 Å². The van der Waals surface area contributed by atoms with E-state index in [0.29, 0.717) is 25.7 Å². The molecule has 0 saturated heterocycles. The largest absolute Gasteiger partial charge is 0.472 e. The molecule has 0 heterocycles. The molecule has 0 rings (SSSR count). The van der Waals surface area contributed by atoms with Gasteiger partial charge in [0, 0.05) is 19.3 Å². The second-order valence-electron chi connectivity index (χ2n) is 26.6. The van der Waals surface area contributed by atoms with Crippen molar-refractivity contribution in [1.29, 1.82) is 0 Å². The van der Waals surface area contributed by atoms with Crippen molar-refractivity contribution in [2.45, 2.75) is 341 Å². The fourth-order valence-corrected chi connectivity index (χ4v) is 12.1. The molecule has 3 N–H and O–H groups in total. The molecule has 0 fully saturated rings. The van der Waals surface area contributed by atoms with Gasteiger partial charge in [0.05, 0.1) is 32.8 Å². The summed E-state index contributed by atoms with van der Waals surface area (Å²) >= 11 is 0. The summed E-state index contributed by atoms with van der Waals surface area (Å²) in [6.45, 7) is 4.50. The van der Waals surface area contributed by atoms with Gasteiger partial charge in [0.15, 0.2) is 12.2 Å². The first kappa shape index (κ1) is 99.2. The lowest BCUT2D eigenvalue weighted by atomic mass is 10.0. The Morgan fingerprint density at radius 1 is 0.288 bits per heavy atom. The van der Waals surface area contributed by atoms with Crippen molar-refractivity contribution in [2.75, 3.05) is 39.6 Å². The smallest absolute Gasteiger partial charge is 0.462 e. The Bertz CT molecular complexity index is 2490. The molecule has 0 aromatic carbocycles. The first-order valence-corrected chi connectivity index (χ1v) is 43.4. The van der Waals surface area contributed by atoms with E-state index in [9.17, 15) is 43.2 Å². The molecule has 0 aromatic heterocycles. The second-order valence-corrected chi connectivity index (χ2v) is 29.5. The van der Waals surface area contributed by atoms with Crippen LogP contribution in [-0.4, -0.2) is 96.7 Å². The topological polar surface area (TPSA) is 237 Å². The summed E-state index contributed by atoms with van der Waals surface area (Å²) in [4.78, 5) is 73.0. The zero-order valence-electron chi connectivity index (χ0n) is 65.2. The van der Waals surface area contributed by atoms with Gasteiger partial charge in [-0.1, -0.05) is 309 Å². The Morgan fingerprint density at radius 2 is 0.538 bits per heavy atom. The van der Waals surface area contributed by atoms with E-state index in [1.165, 1.54) is 83.5 Å². The van der Waals surface area contributed by atoms with Crippen LogP contribution in [0.15, 0.2) is 134 Å². The van der Waals surface area contributed by atoms with Crippen LogP contribution in [0, 0.1) is 0 Å². The molecule has 5 unspecified atom stereocenters. The average Bonchev–Trinajstić information content (AvgIpc) is 0.912. The quantitative estimate of drug-likeness (QED) is 0.0169. The van der Waals surface area contributed by atoms with Gasteiger partial charge in [-0.2, -0.15) is 0 Å². The summed E-state index contributed by atoms with van der Waals surface area (Å²) < 4.78 is 68.5. The van der Waals surface area contributed by atoms with E-state index in [2.05, 4.69) is 137 Å². The van der Waals surface area contributed by atoms with Crippen LogP contribution >= 0.6 is 15.6 Å². The molecule has 0 bridgehead atoms. The van der Waals surface area contributed by atoms with Crippen molar-refractivity contribution >= 4 is 39.5 Å². The number of hydrogen-bond acceptors (Lipinski definition) is 15. The highest BCUT2D eigenvalue weighted by molar-refractivity contribution is 7.47. The number of carbonyl (C=O) groups is 4. The van der Waals surface area contributed by atoms with Crippen LogP contribution in [0.3, 0.4) is 0 Å². The Kier molecular flexibility index (Phi) is 72.9. The van der Waals surface area contributed by atoms with E-state index in [0.717, 1.165) is 161 Å². The van der Waals surface area contributed by atoms with Crippen molar-refractivity contribution in [3.05, 3.63) is 134 Å². The molecule has 596 valence electrons. The normalized spacial score (nSPS) is 14.6. The minimum Gasteiger partial charge on any atom is -0.462 e. The number of aliphatic hydroxyl groups is 1. The van der Waals surface area contributed by atoms with E-state index >= 15 is 0 Å². The van der Waals surface area contributed by atoms with E-state index in [-0.39, 0.29) is 25.7 Å². The van der Waals surface area contributed by atoms with Gasteiger partial charge in [-0.25, -0.2) is 9.13 Å². The molecule has 0 amide bonds. The third-order valence-electron chi connectivity index (χ3n) is 16.6. The molecule has 19 heteroatoms. The van der Waals surface area contributed by atoms with Crippen molar-refractivity contribution in [3.8, 4) is 0 Å². The van der Waals surface area contributed by atoms with Crippen LogP contribution in [0.1, 0.15) is 323 Å². The number of esters is 4. The van der Waals surface area contributed by atoms with Gasteiger partial charge in [-0.3, -0.25) is 37.3 Å². The van der Waals surface area contributed by atoms with Crippen LogP contribution in [-0.2, 0) is 65.4 Å². The molecule has 17 nitrogen and oxygen atoms in total. The van der Waals surface area contributed by atoms with Gasteiger partial charge in [-0.15, -0.1) is 0 Å². The molecule has 0 aliphatic carbocycles. The number of aliphatic hydroxyl groups excluding tert-OH is 1. The Hall–Kier alpha value is -4.80. The zero-order chi connectivity index (χ0) is 76.0. The number of unbranched alkanes of at least 4 members (excludes halogenated alkanes) is 28. The van der Waals surface area contributed by atoms with E-state index in [1.807, 2.05) is 18.2 Å². The monoisotopic (exact) mass is 1500 g/mol. The molecule has 0 saturated carbocycles. The Morgan fingerprint density at radius 3 is 0.875 bits per heavy atom. The molecular formula is C85H144O17P2. The standard InChI is InChI=1S/C85H144O17P2/c1-5-9-13-17-21-25-29-33-37-38-39-40-44-46-50-54-58-62-66-70-83(88)96-76-81(102-85(90)72-68-64-60-56-52-48-43-36-32-28-24-20-16-12-8-4)78-100-104(93,94)98-74-79(86)73-97-103(91,92)99-77-80(101-84(89)71-67-63-59-55-51-47-42-35-31-27-23-19-15-11-7-3)75-95-82(87)69-65-61-57-53-49-45-41-34-30-26-22-18-14-10-6-2/h9-10,13-14,21-22,24-26,28,33-34,36-37,39-41,43,49,53,61,65,79-81,86H,5-8,11-12,15-20,23,27,29-32,35,38,42,44-48,50-52,54-60,62-64,66-78H2,1-4H3,(H,91,92)(H,93,94)/b13-9-,14-10-,25-21-,26-22-,28-24-,37-33-,40-39-,41-34-,43-36-,53-49-,65-61-. The molecule has 0 aromatic rings. The third kappa shape index (κ3) is 75.4. The summed E-state index contributed by atoms with van der Waals surface area (Å²) in [5.74, 6) is -2.35. The predicted molar refractivity (Wildman–Crippen MR) is 427 cm³/mol. The minimum atomic E-state index is -5.00.